The molecule has 0 spiro atoms. The van der Waals surface area contributed by atoms with Crippen LogP contribution in [0.2, 0.25) is 0 Å². The predicted octanol–water partition coefficient (Wildman–Crippen LogP) is 2.02. The van der Waals surface area contributed by atoms with Crippen molar-refractivity contribution in [1.29, 1.82) is 5.41 Å². The maximum Gasteiger partial charge on any atom is 0.124 e. The molecule has 4 heteroatoms. The van der Waals surface area contributed by atoms with Crippen LogP contribution in [0.5, 0.6) is 0 Å². The van der Waals surface area contributed by atoms with E-state index in [-0.39, 0.29) is 18.5 Å². The van der Waals surface area contributed by atoms with Gasteiger partial charge in [-0.25, -0.2) is 0 Å². The number of anilines is 1. The van der Waals surface area contributed by atoms with Gasteiger partial charge in [-0.3, -0.25) is 5.41 Å². The zero-order valence-corrected chi connectivity index (χ0v) is 11.5. The van der Waals surface area contributed by atoms with E-state index in [1.807, 2.05) is 25.1 Å². The maximum absolute atomic E-state index is 9.61. The first-order valence-corrected chi connectivity index (χ1v) is 6.96. The van der Waals surface area contributed by atoms with Crippen LogP contribution in [-0.4, -0.2) is 30.1 Å². The number of aliphatic hydroxyl groups excluding tert-OH is 1. The molecule has 1 aromatic carbocycles. The average Bonchev–Trinajstić information content (AvgIpc) is 2.63. The van der Waals surface area contributed by atoms with Crippen LogP contribution in [0.1, 0.15) is 36.8 Å². The van der Waals surface area contributed by atoms with E-state index in [0.29, 0.717) is 0 Å². The Morgan fingerprint density at radius 1 is 1.42 bits per heavy atom. The number of nitrogen functional groups attached to an aromatic ring is 1. The van der Waals surface area contributed by atoms with E-state index in [9.17, 15) is 5.11 Å². The summed E-state index contributed by atoms with van der Waals surface area (Å²) in [6.45, 7) is 3.09. The highest BCUT2D eigenvalue weighted by Gasteiger charge is 2.23. The van der Waals surface area contributed by atoms with E-state index in [4.69, 9.17) is 11.1 Å². The summed E-state index contributed by atoms with van der Waals surface area (Å²) >= 11 is 0. The third kappa shape index (κ3) is 3.07. The van der Waals surface area contributed by atoms with E-state index in [2.05, 4.69) is 4.90 Å². The maximum atomic E-state index is 9.61. The van der Waals surface area contributed by atoms with Gasteiger partial charge in [-0.2, -0.15) is 0 Å². The van der Waals surface area contributed by atoms with E-state index in [1.54, 1.807) is 0 Å². The van der Waals surface area contributed by atoms with Gasteiger partial charge in [-0.15, -0.1) is 0 Å². The highest BCUT2D eigenvalue weighted by atomic mass is 16.3. The van der Waals surface area contributed by atoms with Gasteiger partial charge in [0.2, 0.25) is 0 Å². The molecule has 0 aromatic heterocycles. The lowest BCUT2D eigenvalue weighted by Gasteiger charge is -2.32. The summed E-state index contributed by atoms with van der Waals surface area (Å²) < 4.78 is 0. The molecule has 4 N–H and O–H groups in total. The van der Waals surface area contributed by atoms with E-state index in [0.717, 1.165) is 42.6 Å². The third-order valence-electron chi connectivity index (χ3n) is 3.84. The van der Waals surface area contributed by atoms with Crippen LogP contribution in [0.15, 0.2) is 18.2 Å². The number of rotatable bonds is 3. The quantitative estimate of drug-likeness (QED) is 0.575. The van der Waals surface area contributed by atoms with E-state index in [1.165, 1.54) is 6.42 Å². The minimum atomic E-state index is 0.0969. The van der Waals surface area contributed by atoms with Gasteiger partial charge in [0.1, 0.15) is 5.84 Å². The SMILES string of the molecule is Cc1ccc(N2CCCCCC2CO)c(C(=N)N)c1. The minimum Gasteiger partial charge on any atom is -0.394 e. The number of amidine groups is 1. The summed E-state index contributed by atoms with van der Waals surface area (Å²) in [6.07, 6.45) is 4.49. The standard InChI is InChI=1S/C15H23N3O/c1-11-6-7-14(13(9-11)15(16)17)18-8-4-2-3-5-12(18)10-19/h6-7,9,12,19H,2-5,8,10H2,1H3,(H3,16,17). The molecule has 1 fully saturated rings. The van der Waals surface area contributed by atoms with E-state index < -0.39 is 0 Å². The first-order chi connectivity index (χ1) is 9.13. The number of aryl methyl sites for hydroxylation is 1. The van der Waals surface area contributed by atoms with Crippen LogP contribution < -0.4 is 10.6 Å². The second-order valence-electron chi connectivity index (χ2n) is 5.31. The number of nitrogens with two attached hydrogens (primary N) is 1. The summed E-state index contributed by atoms with van der Waals surface area (Å²) in [5.41, 5.74) is 8.57. The summed E-state index contributed by atoms with van der Waals surface area (Å²) in [7, 11) is 0. The highest BCUT2D eigenvalue weighted by Crippen LogP contribution is 2.28. The number of hydrogen-bond donors (Lipinski definition) is 3. The Bertz CT molecular complexity index is 459. The Balaban J connectivity index is 2.40. The second-order valence-corrected chi connectivity index (χ2v) is 5.31. The van der Waals surface area contributed by atoms with Crippen LogP contribution in [0.4, 0.5) is 5.69 Å². The topological polar surface area (TPSA) is 73.3 Å². The van der Waals surface area contributed by atoms with Crippen LogP contribution in [0.25, 0.3) is 0 Å². The summed E-state index contributed by atoms with van der Waals surface area (Å²) in [5.74, 6) is 0.0969. The largest absolute Gasteiger partial charge is 0.394 e. The summed E-state index contributed by atoms with van der Waals surface area (Å²) in [6, 6.07) is 6.17. The summed E-state index contributed by atoms with van der Waals surface area (Å²) in [5, 5.41) is 17.4. The average molecular weight is 261 g/mol. The highest BCUT2D eigenvalue weighted by molar-refractivity contribution is 6.00. The first-order valence-electron chi connectivity index (χ1n) is 6.96. The molecule has 0 radical (unpaired) electrons. The van der Waals surface area contributed by atoms with Crippen molar-refractivity contribution in [1.82, 2.24) is 0 Å². The van der Waals surface area contributed by atoms with Crippen molar-refractivity contribution < 1.29 is 5.11 Å². The molecule has 0 saturated carbocycles. The summed E-state index contributed by atoms with van der Waals surface area (Å²) in [4.78, 5) is 2.23. The van der Waals surface area contributed by atoms with Crippen molar-refractivity contribution in [2.24, 2.45) is 5.73 Å². The monoisotopic (exact) mass is 261 g/mol. The lowest BCUT2D eigenvalue weighted by atomic mass is 10.0. The molecule has 1 aliphatic heterocycles. The lowest BCUT2D eigenvalue weighted by molar-refractivity contribution is 0.255. The van der Waals surface area contributed by atoms with Gasteiger partial charge in [0, 0.05) is 17.8 Å². The fraction of sp³-hybridized carbons (Fsp3) is 0.533. The molecule has 104 valence electrons. The number of benzene rings is 1. The van der Waals surface area contributed by atoms with Gasteiger partial charge in [0.15, 0.2) is 0 Å². The zero-order chi connectivity index (χ0) is 13.8. The molecule has 1 aliphatic rings. The molecular weight excluding hydrogens is 238 g/mol. The Hall–Kier alpha value is -1.55. The second kappa shape index (κ2) is 6.06. The van der Waals surface area contributed by atoms with Crippen molar-refractivity contribution in [3.05, 3.63) is 29.3 Å². The molecule has 1 unspecified atom stereocenters. The van der Waals surface area contributed by atoms with Gasteiger partial charge < -0.3 is 15.7 Å². The smallest absolute Gasteiger partial charge is 0.124 e. The van der Waals surface area contributed by atoms with Crippen molar-refractivity contribution in [2.45, 2.75) is 38.6 Å². The predicted molar refractivity (Wildman–Crippen MR) is 78.9 cm³/mol. The van der Waals surface area contributed by atoms with Crippen molar-refractivity contribution in [2.75, 3.05) is 18.1 Å². The lowest BCUT2D eigenvalue weighted by Crippen LogP contribution is -2.38. The van der Waals surface area contributed by atoms with E-state index >= 15 is 0 Å². The van der Waals surface area contributed by atoms with Crippen molar-refractivity contribution in [3.63, 3.8) is 0 Å². The van der Waals surface area contributed by atoms with Crippen LogP contribution in [0.3, 0.4) is 0 Å². The molecule has 1 saturated heterocycles. The fourth-order valence-electron chi connectivity index (χ4n) is 2.80. The molecular formula is C15H23N3O. The van der Waals surface area contributed by atoms with Gasteiger partial charge >= 0.3 is 0 Å². The Morgan fingerprint density at radius 2 is 2.21 bits per heavy atom. The van der Waals surface area contributed by atoms with Crippen molar-refractivity contribution in [3.8, 4) is 0 Å². The molecule has 19 heavy (non-hydrogen) atoms. The number of nitrogens with zero attached hydrogens (tertiary/aromatic N) is 1. The van der Waals surface area contributed by atoms with Gasteiger partial charge in [-0.05, 0) is 31.9 Å². The molecule has 2 rings (SSSR count). The van der Waals surface area contributed by atoms with Crippen LogP contribution >= 0.6 is 0 Å². The normalized spacial score (nSPS) is 20.1. The molecule has 1 heterocycles. The molecule has 0 amide bonds. The van der Waals surface area contributed by atoms with Crippen molar-refractivity contribution >= 4 is 11.5 Å². The molecule has 1 aromatic rings. The fourth-order valence-corrected chi connectivity index (χ4v) is 2.80. The molecule has 0 aliphatic carbocycles. The number of aliphatic hydroxyl groups is 1. The van der Waals surface area contributed by atoms with Gasteiger partial charge in [0.05, 0.1) is 12.6 Å². The molecule has 4 nitrogen and oxygen atoms in total. The number of nitrogens with one attached hydrogen (secondary N) is 1. The van der Waals surface area contributed by atoms with Crippen LogP contribution in [-0.2, 0) is 0 Å². The third-order valence-corrected chi connectivity index (χ3v) is 3.84. The Kier molecular flexibility index (Phi) is 4.43. The van der Waals surface area contributed by atoms with Crippen LogP contribution in [0, 0.1) is 12.3 Å². The minimum absolute atomic E-state index is 0.0969. The number of hydrogen-bond acceptors (Lipinski definition) is 3. The Morgan fingerprint density at radius 3 is 2.89 bits per heavy atom. The molecule has 0 bridgehead atoms. The van der Waals surface area contributed by atoms with Gasteiger partial charge in [-0.1, -0.05) is 24.5 Å². The Labute approximate surface area is 114 Å². The zero-order valence-electron chi connectivity index (χ0n) is 11.5. The first kappa shape index (κ1) is 13.9. The molecule has 1 atom stereocenters. The van der Waals surface area contributed by atoms with Gasteiger partial charge in [0.25, 0.3) is 0 Å².